The highest BCUT2D eigenvalue weighted by molar-refractivity contribution is 6.31. The predicted molar refractivity (Wildman–Crippen MR) is 196 cm³/mol. The number of carboxylic acids is 2. The summed E-state index contributed by atoms with van der Waals surface area (Å²) in [7, 11) is 1.13. The van der Waals surface area contributed by atoms with Crippen LogP contribution in [0.2, 0.25) is 15.1 Å². The molecule has 8 N–H and O–H groups in total. The molecule has 282 valence electrons. The Morgan fingerprint density at radius 2 is 0.764 bits per heavy atom. The van der Waals surface area contributed by atoms with Gasteiger partial charge in [-0.2, -0.15) is 0 Å². The number of aromatic hydroxyl groups is 3. The lowest BCUT2D eigenvalue weighted by molar-refractivity contribution is 0.0588. The zero-order valence-electron chi connectivity index (χ0n) is 27.5. The van der Waals surface area contributed by atoms with Gasteiger partial charge < -0.3 is 45.2 Å². The molecule has 0 saturated heterocycles. The van der Waals surface area contributed by atoms with Crippen LogP contribution in [0, 0.1) is 0 Å². The van der Waals surface area contributed by atoms with Gasteiger partial charge in [-0.1, -0.05) is 34.8 Å². The number of methoxy groups -OCH3 is 1. The van der Waals surface area contributed by atoms with Crippen LogP contribution < -0.4 is 16.7 Å². The monoisotopic (exact) mass is 812 g/mol. The number of nitrogens with one attached hydrogen (secondary N) is 3. The summed E-state index contributed by atoms with van der Waals surface area (Å²) >= 11 is 17.2. The fourth-order valence-electron chi connectivity index (χ4n) is 4.17. The Kier molecular flexibility index (Phi) is 13.1. The van der Waals surface area contributed by atoms with Crippen LogP contribution in [-0.2, 0) is 4.74 Å². The molecule has 0 aliphatic heterocycles. The maximum atomic E-state index is 11.5. The van der Waals surface area contributed by atoms with Gasteiger partial charge in [-0.25, -0.2) is 29.3 Å². The number of aromatic amines is 3. The van der Waals surface area contributed by atoms with Crippen LogP contribution in [0.15, 0.2) is 87.2 Å². The van der Waals surface area contributed by atoms with E-state index in [4.69, 9.17) is 45.0 Å². The molecule has 0 atom stereocenters. The third-order valence-corrected chi connectivity index (χ3v) is 7.58. The number of halogens is 3. The second-order valence-electron chi connectivity index (χ2n) is 10.5. The Morgan fingerprint density at radius 1 is 0.509 bits per heavy atom. The van der Waals surface area contributed by atoms with Crippen molar-refractivity contribution in [3.63, 3.8) is 0 Å². The molecule has 3 aromatic heterocycles. The van der Waals surface area contributed by atoms with Crippen LogP contribution in [0.5, 0.6) is 17.2 Å². The van der Waals surface area contributed by atoms with Gasteiger partial charge in [0.05, 0.1) is 7.11 Å². The number of aromatic nitrogens is 6. The van der Waals surface area contributed by atoms with E-state index in [2.05, 4.69) is 34.6 Å². The van der Waals surface area contributed by atoms with Crippen molar-refractivity contribution in [2.75, 3.05) is 7.11 Å². The van der Waals surface area contributed by atoms with E-state index < -0.39 is 68.9 Å². The molecule has 6 rings (SSSR count). The standard InChI is InChI=1S/C12H9ClN2O4.2C11H7ClN2O4/c1-19-12(18)8-9(16)11(17)15-10(14-8)6-2-4-7(13)5-3-6;2*12-6-3-1-5(2-4-6)9-13-7(11(17)18)8(15)10(16)14-9/h2-5,16H,1H3,(H,14,15,17);2*1-4,15H,(H,17,18)(H,13,14,16). The van der Waals surface area contributed by atoms with Gasteiger partial charge in [0, 0.05) is 31.8 Å². The second-order valence-corrected chi connectivity index (χ2v) is 11.8. The highest BCUT2D eigenvalue weighted by Gasteiger charge is 2.20. The van der Waals surface area contributed by atoms with E-state index in [1.54, 1.807) is 72.8 Å². The maximum absolute atomic E-state index is 11.5. The molecule has 0 bridgehead atoms. The molecule has 0 aliphatic rings. The molecule has 0 unspecified atom stereocenters. The minimum atomic E-state index is -1.48. The van der Waals surface area contributed by atoms with Crippen molar-refractivity contribution >= 4 is 52.7 Å². The number of ether oxygens (including phenoxy) is 1. The van der Waals surface area contributed by atoms with Crippen LogP contribution in [0.25, 0.3) is 34.2 Å². The third kappa shape index (κ3) is 10.1. The van der Waals surface area contributed by atoms with Crippen molar-refractivity contribution in [1.29, 1.82) is 0 Å². The number of carbonyl (C=O) groups excluding carboxylic acids is 1. The average molecular weight is 814 g/mol. The first kappa shape index (κ1) is 40.7. The van der Waals surface area contributed by atoms with Crippen LogP contribution in [0.3, 0.4) is 0 Å². The number of hydrogen-bond donors (Lipinski definition) is 8. The lowest BCUT2D eigenvalue weighted by Crippen LogP contribution is -2.16. The quantitative estimate of drug-likeness (QED) is 0.107. The van der Waals surface area contributed by atoms with E-state index in [1.807, 2.05) is 0 Å². The van der Waals surface area contributed by atoms with Gasteiger partial charge in [0.25, 0.3) is 16.7 Å². The molecule has 0 spiro atoms. The summed E-state index contributed by atoms with van der Waals surface area (Å²) in [4.78, 5) is 85.5. The van der Waals surface area contributed by atoms with Crippen molar-refractivity contribution in [1.82, 2.24) is 29.9 Å². The number of hydrogen-bond acceptors (Lipinski definition) is 13. The van der Waals surface area contributed by atoms with E-state index in [9.17, 15) is 44.1 Å². The fourth-order valence-corrected chi connectivity index (χ4v) is 4.55. The Balaban J connectivity index is 0.000000184. The molecule has 0 saturated carbocycles. The van der Waals surface area contributed by atoms with Crippen LogP contribution in [-0.4, -0.2) is 80.5 Å². The smallest absolute Gasteiger partial charge is 0.360 e. The minimum Gasteiger partial charge on any atom is -0.501 e. The van der Waals surface area contributed by atoms with Crippen molar-refractivity contribution in [3.8, 4) is 51.4 Å². The summed E-state index contributed by atoms with van der Waals surface area (Å²) in [5.41, 5.74) is -2.94. The second kappa shape index (κ2) is 17.7. The largest absolute Gasteiger partial charge is 0.501 e. The molecule has 0 radical (unpaired) electrons. The van der Waals surface area contributed by atoms with Crippen LogP contribution in [0.1, 0.15) is 31.5 Å². The maximum Gasteiger partial charge on any atom is 0.360 e. The fraction of sp³-hybridized carbons (Fsp3) is 0.0294. The first-order chi connectivity index (χ1) is 26.0. The third-order valence-electron chi connectivity index (χ3n) is 6.82. The number of aromatic carboxylic acids is 2. The lowest BCUT2D eigenvalue weighted by atomic mass is 10.2. The highest BCUT2D eigenvalue weighted by Crippen LogP contribution is 2.22. The number of nitrogens with zero attached hydrogens (tertiary/aromatic N) is 3. The Bertz CT molecular complexity index is 2460. The normalized spacial score (nSPS) is 10.3. The number of benzene rings is 3. The van der Waals surface area contributed by atoms with Crippen molar-refractivity contribution in [2.24, 2.45) is 0 Å². The summed E-state index contributed by atoms with van der Waals surface area (Å²) < 4.78 is 4.45. The topological polar surface area (TPSA) is 299 Å². The SMILES string of the molecule is COC(=O)c1nc(-c2ccc(Cl)cc2)[nH]c(=O)c1O.O=C(O)c1nc(-c2ccc(Cl)cc2)[nH]c(=O)c1O.O=C(O)c1nc(-c2ccc(Cl)cc2)[nH]c(=O)c1O. The van der Waals surface area contributed by atoms with Crippen LogP contribution in [0.4, 0.5) is 0 Å². The van der Waals surface area contributed by atoms with Gasteiger partial charge >= 0.3 is 17.9 Å². The van der Waals surface area contributed by atoms with E-state index >= 15 is 0 Å². The Labute approximate surface area is 320 Å². The number of esters is 1. The number of H-pyrrole nitrogens is 3. The van der Waals surface area contributed by atoms with Crippen molar-refractivity contribution in [2.45, 2.75) is 0 Å². The van der Waals surface area contributed by atoms with E-state index in [-0.39, 0.29) is 17.5 Å². The van der Waals surface area contributed by atoms with E-state index in [1.165, 1.54) is 0 Å². The Hall–Kier alpha value is -7.02. The molecule has 18 nitrogen and oxygen atoms in total. The average Bonchev–Trinajstić information content (AvgIpc) is 3.15. The summed E-state index contributed by atoms with van der Waals surface area (Å²) in [6.45, 7) is 0. The van der Waals surface area contributed by atoms with Gasteiger partial charge in [0.1, 0.15) is 17.5 Å². The molecular weight excluding hydrogens is 791 g/mol. The lowest BCUT2D eigenvalue weighted by Gasteiger charge is -2.05. The van der Waals surface area contributed by atoms with Gasteiger partial charge in [-0.15, -0.1) is 0 Å². The van der Waals surface area contributed by atoms with Gasteiger partial charge in [0.15, 0.2) is 17.1 Å². The van der Waals surface area contributed by atoms with Gasteiger partial charge in [-0.3, -0.25) is 14.4 Å². The molecule has 55 heavy (non-hydrogen) atoms. The summed E-state index contributed by atoms with van der Waals surface area (Å²) in [5.74, 6) is -6.22. The minimum absolute atomic E-state index is 0.0480. The zero-order chi connectivity index (χ0) is 40.6. The van der Waals surface area contributed by atoms with E-state index in [0.717, 1.165) is 7.11 Å². The van der Waals surface area contributed by atoms with Crippen LogP contribution >= 0.6 is 34.8 Å². The summed E-state index contributed by atoms with van der Waals surface area (Å²) in [6.07, 6.45) is 0. The number of carboxylic acid groups (broad SMARTS) is 2. The van der Waals surface area contributed by atoms with Gasteiger partial charge in [0.2, 0.25) is 17.2 Å². The molecular formula is C34H23Cl3N6O12. The molecule has 3 heterocycles. The molecule has 0 amide bonds. The first-order valence-corrected chi connectivity index (χ1v) is 16.0. The first-order valence-electron chi connectivity index (χ1n) is 14.8. The molecule has 0 aliphatic carbocycles. The molecule has 6 aromatic rings. The number of rotatable bonds is 6. The summed E-state index contributed by atoms with van der Waals surface area (Å²) in [5, 5.41) is 47.2. The Morgan fingerprint density at radius 3 is 1.02 bits per heavy atom. The summed E-state index contributed by atoms with van der Waals surface area (Å²) in [6, 6.07) is 19.1. The molecule has 21 heteroatoms. The number of carbonyl (C=O) groups is 3. The van der Waals surface area contributed by atoms with Crippen molar-refractivity contribution < 1.29 is 44.7 Å². The van der Waals surface area contributed by atoms with E-state index in [0.29, 0.717) is 31.8 Å². The zero-order valence-corrected chi connectivity index (χ0v) is 29.8. The van der Waals surface area contributed by atoms with Crippen molar-refractivity contribution in [3.05, 3.63) is 136 Å². The van der Waals surface area contributed by atoms with Gasteiger partial charge in [-0.05, 0) is 72.8 Å². The molecule has 3 aromatic carbocycles. The highest BCUT2D eigenvalue weighted by atomic mass is 35.5. The molecule has 0 fully saturated rings. The predicted octanol–water partition coefficient (Wildman–Crippen LogP) is 4.57.